The third-order valence-corrected chi connectivity index (χ3v) is 11.2. The first kappa shape index (κ1) is 36.7. The Morgan fingerprint density at radius 3 is 2.28 bits per heavy atom. The number of esters is 1. The summed E-state index contributed by atoms with van der Waals surface area (Å²) in [6, 6.07) is 24.7. The summed E-state index contributed by atoms with van der Waals surface area (Å²) >= 11 is 3.63. The number of likely N-dealkylation sites (tertiary alicyclic amines) is 1. The molecule has 0 unspecified atom stereocenters. The molecule has 1 spiro atoms. The van der Waals surface area contributed by atoms with E-state index in [4.69, 9.17) is 14.2 Å². The maximum Gasteiger partial charge on any atom is 0.313 e. The number of allylic oxidation sites excluding steroid dienone is 1. The first-order chi connectivity index (χ1) is 25.8. The Morgan fingerprint density at radius 1 is 0.925 bits per heavy atom. The minimum atomic E-state index is -1.56. The lowest BCUT2D eigenvalue weighted by Crippen LogP contribution is -2.56. The van der Waals surface area contributed by atoms with E-state index in [1.54, 1.807) is 35.2 Å². The van der Waals surface area contributed by atoms with Gasteiger partial charge in [0.25, 0.3) is 0 Å². The molecule has 2 fully saturated rings. The summed E-state index contributed by atoms with van der Waals surface area (Å²) in [5.74, 6) is -4.18. The monoisotopic (exact) mass is 783 g/mol. The van der Waals surface area contributed by atoms with Crippen molar-refractivity contribution < 1.29 is 38.5 Å². The number of aliphatic hydroxyl groups excluding tert-OH is 1. The number of aliphatic hydroxyl groups is 1. The number of nitrogens with zero attached hydrogens (tertiary/aromatic N) is 2. The Kier molecular flexibility index (Phi) is 10.9. The number of hydrogen-bond donors (Lipinski definition) is 2. The third-order valence-electron chi connectivity index (χ3n) is 10.6. The Balaban J connectivity index is 1.37. The van der Waals surface area contributed by atoms with Crippen LogP contribution in [0.2, 0.25) is 0 Å². The summed E-state index contributed by atoms with van der Waals surface area (Å²) in [4.78, 5) is 61.3. The van der Waals surface area contributed by atoms with Crippen molar-refractivity contribution in [2.24, 2.45) is 11.8 Å². The fourth-order valence-corrected chi connectivity index (χ4v) is 8.94. The quantitative estimate of drug-likeness (QED) is 0.254. The van der Waals surface area contributed by atoms with E-state index in [2.05, 4.69) is 21.2 Å². The van der Waals surface area contributed by atoms with Gasteiger partial charge in [0, 0.05) is 31.1 Å². The molecule has 4 heterocycles. The summed E-state index contributed by atoms with van der Waals surface area (Å²) in [7, 11) is 1.51. The Hall–Kier alpha value is -4.62. The van der Waals surface area contributed by atoms with E-state index in [9.17, 15) is 14.7 Å². The zero-order chi connectivity index (χ0) is 37.1. The highest BCUT2D eigenvalue weighted by atomic mass is 79.9. The van der Waals surface area contributed by atoms with Crippen LogP contribution >= 0.6 is 15.9 Å². The maximum absolute atomic E-state index is 15.2. The number of amides is 3. The molecular formula is C41H42BrN3O8. The zero-order valence-corrected chi connectivity index (χ0v) is 30.8. The summed E-state index contributed by atoms with van der Waals surface area (Å²) in [5, 5.41) is 13.9. The standard InChI is InChI=1S/C41H42BrN3O8/c1-51-25-30-35(28-18-10-4-11-19-28)52-40(50)33-34-38(48)45(31(24-46)27-16-8-3-9-17-27)37(41(34)22-29(42)36(33)53-41)39(49)44(23-26-14-6-2-7-15-26)21-13-5-12-20-32(47)43-30/h2-11,13-19,22,30-31,33-37,46H,12,20-21,23-25H2,1H3,(H,43,47)/b13-5-/t30-,31+,33+,34-,35-,36+,37+,41-/m0/s1. The van der Waals surface area contributed by atoms with E-state index in [-0.39, 0.29) is 32.0 Å². The van der Waals surface area contributed by atoms with Gasteiger partial charge in [-0.15, -0.1) is 0 Å². The molecule has 53 heavy (non-hydrogen) atoms. The predicted molar refractivity (Wildman–Crippen MR) is 198 cm³/mol. The van der Waals surface area contributed by atoms with Crippen LogP contribution in [-0.4, -0.2) is 89.3 Å². The van der Waals surface area contributed by atoms with Gasteiger partial charge in [0.2, 0.25) is 17.7 Å². The smallest absolute Gasteiger partial charge is 0.313 e. The van der Waals surface area contributed by atoms with Crippen LogP contribution in [0.5, 0.6) is 0 Å². The van der Waals surface area contributed by atoms with Crippen LogP contribution in [0.15, 0.2) is 114 Å². The Labute approximate surface area is 316 Å². The highest BCUT2D eigenvalue weighted by Gasteiger charge is 2.75. The molecule has 4 aliphatic rings. The highest BCUT2D eigenvalue weighted by Crippen LogP contribution is 2.60. The number of nitrogens with one attached hydrogen (secondary N) is 1. The second-order valence-electron chi connectivity index (χ2n) is 13.8. The third kappa shape index (κ3) is 6.96. The van der Waals surface area contributed by atoms with Crippen LogP contribution < -0.4 is 5.32 Å². The summed E-state index contributed by atoms with van der Waals surface area (Å²) in [6.45, 7) is -0.0379. The van der Waals surface area contributed by atoms with Gasteiger partial charge in [-0.3, -0.25) is 19.2 Å². The summed E-state index contributed by atoms with van der Waals surface area (Å²) < 4.78 is 19.1. The van der Waals surface area contributed by atoms with Crippen LogP contribution in [0.25, 0.3) is 0 Å². The summed E-state index contributed by atoms with van der Waals surface area (Å²) in [5.41, 5.74) is 0.576. The number of carbonyl (C=O) groups is 4. The maximum atomic E-state index is 15.2. The van der Waals surface area contributed by atoms with Crippen molar-refractivity contribution in [3.63, 3.8) is 0 Å². The molecule has 11 nitrogen and oxygen atoms in total. The van der Waals surface area contributed by atoms with Crippen LogP contribution in [0.3, 0.4) is 0 Å². The SMILES string of the molecule is COC[C@@H]1NC(=O)CC/C=C\CN(Cc2ccccc2)C(=O)[C@H]2N([C@H](CO)c3ccccc3)C(=O)[C@@H]3[C@@H](C(=O)O[C@H]1c1ccccc1)[C@@H]1O[C@@]32C=C1Br. The molecule has 0 radical (unpaired) electrons. The van der Waals surface area contributed by atoms with E-state index in [1.807, 2.05) is 78.9 Å². The molecule has 3 aromatic rings. The second kappa shape index (κ2) is 15.8. The highest BCUT2D eigenvalue weighted by molar-refractivity contribution is 9.11. The van der Waals surface area contributed by atoms with Gasteiger partial charge in [-0.1, -0.05) is 119 Å². The van der Waals surface area contributed by atoms with E-state index >= 15 is 9.59 Å². The first-order valence-electron chi connectivity index (χ1n) is 17.8. The second-order valence-corrected chi connectivity index (χ2v) is 14.7. The number of hydrogen-bond acceptors (Lipinski definition) is 8. The molecule has 4 aliphatic heterocycles. The molecule has 5 bridgehead atoms. The lowest BCUT2D eigenvalue weighted by Gasteiger charge is -2.39. The van der Waals surface area contributed by atoms with Gasteiger partial charge in [-0.2, -0.15) is 0 Å². The van der Waals surface area contributed by atoms with Crippen LogP contribution in [-0.2, 0) is 39.9 Å². The fourth-order valence-electron chi connectivity index (χ4n) is 8.21. The van der Waals surface area contributed by atoms with Gasteiger partial charge in [0.05, 0.1) is 31.2 Å². The number of fused-ring (bicyclic) bond motifs is 2. The molecule has 276 valence electrons. The van der Waals surface area contributed by atoms with Crippen molar-refractivity contribution in [3.8, 4) is 0 Å². The van der Waals surface area contributed by atoms with Gasteiger partial charge in [0.15, 0.2) is 0 Å². The molecule has 7 rings (SSSR count). The van der Waals surface area contributed by atoms with Crippen molar-refractivity contribution in [2.75, 3.05) is 26.9 Å². The van der Waals surface area contributed by atoms with Gasteiger partial charge in [-0.05, 0) is 29.2 Å². The summed E-state index contributed by atoms with van der Waals surface area (Å²) in [6.07, 6.45) is 4.10. The lowest BCUT2D eigenvalue weighted by atomic mass is 9.74. The van der Waals surface area contributed by atoms with E-state index < -0.39 is 72.2 Å². The number of ether oxygens (including phenoxy) is 3. The number of benzene rings is 3. The minimum absolute atomic E-state index is 0.0446. The van der Waals surface area contributed by atoms with Gasteiger partial charge in [0.1, 0.15) is 29.8 Å². The van der Waals surface area contributed by atoms with Crippen LogP contribution in [0.4, 0.5) is 0 Å². The fraction of sp³-hybridized carbons (Fsp3) is 0.366. The van der Waals surface area contributed by atoms with E-state index in [1.165, 1.54) is 12.0 Å². The number of rotatable bonds is 8. The number of methoxy groups -OCH3 is 1. The van der Waals surface area contributed by atoms with E-state index in [0.29, 0.717) is 22.0 Å². The predicted octanol–water partition coefficient (Wildman–Crippen LogP) is 4.39. The molecule has 2 N–H and O–H groups in total. The number of halogens is 1. The van der Waals surface area contributed by atoms with Crippen LogP contribution in [0, 0.1) is 11.8 Å². The molecular weight excluding hydrogens is 742 g/mol. The van der Waals surface area contributed by atoms with E-state index in [0.717, 1.165) is 5.56 Å². The number of carbonyl (C=O) groups excluding carboxylic acids is 4. The van der Waals surface area contributed by atoms with Crippen molar-refractivity contribution in [3.05, 3.63) is 130 Å². The Morgan fingerprint density at radius 2 is 1.60 bits per heavy atom. The van der Waals surface area contributed by atoms with Gasteiger partial charge in [-0.25, -0.2) is 0 Å². The van der Waals surface area contributed by atoms with Crippen LogP contribution in [0.1, 0.15) is 41.7 Å². The van der Waals surface area contributed by atoms with Crippen molar-refractivity contribution in [2.45, 2.75) is 55.3 Å². The molecule has 12 heteroatoms. The normalized spacial score (nSPS) is 30.1. The molecule has 3 aromatic carbocycles. The average molecular weight is 785 g/mol. The Bertz CT molecular complexity index is 1880. The lowest BCUT2D eigenvalue weighted by molar-refractivity contribution is -0.163. The zero-order valence-electron chi connectivity index (χ0n) is 29.3. The number of cyclic esters (lactones) is 1. The van der Waals surface area contributed by atoms with Crippen molar-refractivity contribution in [1.29, 1.82) is 0 Å². The molecule has 0 aliphatic carbocycles. The van der Waals surface area contributed by atoms with Crippen molar-refractivity contribution in [1.82, 2.24) is 15.1 Å². The average Bonchev–Trinajstić information content (AvgIpc) is 3.77. The molecule has 8 atom stereocenters. The first-order valence-corrected chi connectivity index (χ1v) is 18.6. The molecule has 2 saturated heterocycles. The van der Waals surface area contributed by atoms with Gasteiger partial charge >= 0.3 is 5.97 Å². The molecule has 0 aromatic heterocycles. The van der Waals surface area contributed by atoms with Crippen molar-refractivity contribution >= 4 is 39.6 Å². The minimum Gasteiger partial charge on any atom is -0.455 e. The van der Waals surface area contributed by atoms with Gasteiger partial charge < -0.3 is 34.4 Å². The molecule has 3 amide bonds. The largest absolute Gasteiger partial charge is 0.455 e. The topological polar surface area (TPSA) is 135 Å². The molecule has 0 saturated carbocycles.